The van der Waals surface area contributed by atoms with Crippen LogP contribution in [0.5, 0.6) is 0 Å². The molecule has 0 radical (unpaired) electrons. The summed E-state index contributed by atoms with van der Waals surface area (Å²) in [5.41, 5.74) is 0.880. The Hall–Kier alpha value is -2.02. The van der Waals surface area contributed by atoms with Crippen LogP contribution in [0.25, 0.3) is 6.08 Å². The Kier molecular flexibility index (Phi) is 5.83. The fourth-order valence-electron chi connectivity index (χ4n) is 1.85. The summed E-state index contributed by atoms with van der Waals surface area (Å²) in [6.07, 6.45) is 5.86. The van der Waals surface area contributed by atoms with E-state index in [0.717, 1.165) is 14.6 Å². The summed E-state index contributed by atoms with van der Waals surface area (Å²) < 4.78 is 26.9. The number of aromatic nitrogens is 2. The lowest BCUT2D eigenvalue weighted by atomic mass is 10.2. The van der Waals surface area contributed by atoms with E-state index < -0.39 is 6.55 Å². The minimum absolute atomic E-state index is 0.239. The average molecular weight is 370 g/mol. The van der Waals surface area contributed by atoms with Gasteiger partial charge in [-0.1, -0.05) is 34.1 Å². The predicted molar refractivity (Wildman–Crippen MR) is 83.4 cm³/mol. The molecule has 22 heavy (non-hydrogen) atoms. The maximum atomic E-state index is 12.6. The Balaban J connectivity index is 1.83. The number of nitrogens with one attached hydrogen (secondary N) is 1. The molecule has 0 aliphatic heterocycles. The molecule has 2 aromatic rings. The number of carbonyl (C=O) groups is 1. The van der Waals surface area contributed by atoms with Gasteiger partial charge < -0.3 is 5.32 Å². The number of nitrogens with zero attached hydrogens (tertiary/aromatic N) is 2. The minimum Gasteiger partial charge on any atom is -0.352 e. The van der Waals surface area contributed by atoms with Crippen molar-refractivity contribution in [2.75, 3.05) is 6.54 Å². The molecular formula is C15H14BrF2N3O. The highest BCUT2D eigenvalue weighted by atomic mass is 79.9. The van der Waals surface area contributed by atoms with Gasteiger partial charge in [-0.25, -0.2) is 4.98 Å². The van der Waals surface area contributed by atoms with Gasteiger partial charge in [0.2, 0.25) is 5.91 Å². The molecule has 1 aromatic heterocycles. The highest BCUT2D eigenvalue weighted by Crippen LogP contribution is 2.17. The molecule has 1 amide bonds. The minimum atomic E-state index is -2.62. The molecule has 1 N–H and O–H groups in total. The fraction of sp³-hybridized carbons (Fsp3) is 0.200. The molecule has 0 aliphatic carbocycles. The van der Waals surface area contributed by atoms with Crippen molar-refractivity contribution in [3.05, 3.63) is 58.6 Å². The van der Waals surface area contributed by atoms with Gasteiger partial charge in [0.15, 0.2) is 0 Å². The molecule has 0 bridgehead atoms. The van der Waals surface area contributed by atoms with Gasteiger partial charge in [0.1, 0.15) is 5.82 Å². The number of benzene rings is 1. The predicted octanol–water partition coefficient (Wildman–Crippen LogP) is 3.41. The van der Waals surface area contributed by atoms with Crippen molar-refractivity contribution in [2.24, 2.45) is 0 Å². The monoisotopic (exact) mass is 369 g/mol. The van der Waals surface area contributed by atoms with Gasteiger partial charge in [-0.2, -0.15) is 8.78 Å². The largest absolute Gasteiger partial charge is 0.352 e. The number of hydrogen-bond donors (Lipinski definition) is 1. The Labute approximate surface area is 135 Å². The lowest BCUT2D eigenvalue weighted by Crippen LogP contribution is -2.24. The fourth-order valence-corrected chi connectivity index (χ4v) is 2.26. The van der Waals surface area contributed by atoms with Crippen LogP contribution in [-0.4, -0.2) is 22.0 Å². The van der Waals surface area contributed by atoms with Crippen molar-refractivity contribution in [3.8, 4) is 0 Å². The first-order valence-electron chi connectivity index (χ1n) is 6.58. The van der Waals surface area contributed by atoms with Crippen LogP contribution >= 0.6 is 15.9 Å². The highest BCUT2D eigenvalue weighted by molar-refractivity contribution is 9.10. The summed E-state index contributed by atoms with van der Waals surface area (Å²) in [6, 6.07) is 7.49. The first kappa shape index (κ1) is 16.4. The molecule has 0 saturated heterocycles. The first-order chi connectivity index (χ1) is 10.6. The van der Waals surface area contributed by atoms with Gasteiger partial charge >= 0.3 is 6.55 Å². The topological polar surface area (TPSA) is 46.9 Å². The van der Waals surface area contributed by atoms with Crippen molar-refractivity contribution in [3.63, 3.8) is 0 Å². The third kappa shape index (κ3) is 4.49. The average Bonchev–Trinajstić information content (AvgIpc) is 2.95. The van der Waals surface area contributed by atoms with Crippen molar-refractivity contribution < 1.29 is 13.6 Å². The molecule has 7 heteroatoms. The van der Waals surface area contributed by atoms with Crippen LogP contribution in [0.1, 0.15) is 17.9 Å². The van der Waals surface area contributed by atoms with Gasteiger partial charge in [-0.05, 0) is 17.7 Å². The summed E-state index contributed by atoms with van der Waals surface area (Å²) in [7, 11) is 0. The SMILES string of the molecule is O=C(/C=C/c1ccccc1Br)NCCc1nccn1C(F)F. The molecule has 0 spiro atoms. The molecule has 1 aromatic carbocycles. The van der Waals surface area contributed by atoms with Gasteiger partial charge in [-0.3, -0.25) is 9.36 Å². The zero-order chi connectivity index (χ0) is 15.9. The summed E-state index contributed by atoms with van der Waals surface area (Å²) in [4.78, 5) is 15.5. The van der Waals surface area contributed by atoms with Crippen LogP contribution in [0.2, 0.25) is 0 Å². The smallest absolute Gasteiger partial charge is 0.319 e. The van der Waals surface area contributed by atoms with E-state index >= 15 is 0 Å². The standard InChI is InChI=1S/C15H14BrF2N3O/c16-12-4-2-1-3-11(12)5-6-14(22)20-8-7-13-19-9-10-21(13)15(17)18/h1-6,9-10,15H,7-8H2,(H,20,22)/b6-5+. The molecule has 0 fully saturated rings. The number of amides is 1. The van der Waals surface area contributed by atoms with Crippen LogP contribution < -0.4 is 5.32 Å². The van der Waals surface area contributed by atoms with Gasteiger partial charge in [0.05, 0.1) is 0 Å². The van der Waals surface area contributed by atoms with E-state index in [-0.39, 0.29) is 24.7 Å². The van der Waals surface area contributed by atoms with Crippen molar-refractivity contribution in [1.82, 2.24) is 14.9 Å². The number of imidazole rings is 1. The zero-order valence-corrected chi connectivity index (χ0v) is 13.1. The molecule has 1 heterocycles. The van der Waals surface area contributed by atoms with Crippen LogP contribution in [0.3, 0.4) is 0 Å². The Morgan fingerprint density at radius 1 is 1.41 bits per heavy atom. The number of rotatable bonds is 6. The summed E-state index contributed by atoms with van der Waals surface area (Å²) in [6.45, 7) is -2.38. The normalized spacial score (nSPS) is 11.3. The Bertz CT molecular complexity index is 670. The van der Waals surface area contributed by atoms with Crippen LogP contribution in [0, 0.1) is 0 Å². The molecule has 0 saturated carbocycles. The van der Waals surface area contributed by atoms with Gasteiger partial charge in [0, 0.05) is 35.9 Å². The van der Waals surface area contributed by atoms with Crippen molar-refractivity contribution in [2.45, 2.75) is 13.0 Å². The number of alkyl halides is 2. The van der Waals surface area contributed by atoms with E-state index in [4.69, 9.17) is 0 Å². The van der Waals surface area contributed by atoms with Gasteiger partial charge in [-0.15, -0.1) is 0 Å². The second kappa shape index (κ2) is 7.84. The highest BCUT2D eigenvalue weighted by Gasteiger charge is 2.10. The molecule has 0 atom stereocenters. The van der Waals surface area contributed by atoms with E-state index in [1.165, 1.54) is 18.5 Å². The lowest BCUT2D eigenvalue weighted by Gasteiger charge is -2.06. The first-order valence-corrected chi connectivity index (χ1v) is 7.37. The molecular weight excluding hydrogens is 356 g/mol. The van der Waals surface area contributed by atoms with Crippen molar-refractivity contribution >= 4 is 27.9 Å². The maximum absolute atomic E-state index is 12.6. The Morgan fingerprint density at radius 2 is 2.18 bits per heavy atom. The molecule has 0 unspecified atom stereocenters. The van der Waals surface area contributed by atoms with Gasteiger partial charge in [0.25, 0.3) is 0 Å². The van der Waals surface area contributed by atoms with Crippen molar-refractivity contribution in [1.29, 1.82) is 0 Å². The molecule has 116 valence electrons. The van der Waals surface area contributed by atoms with E-state index in [9.17, 15) is 13.6 Å². The molecule has 0 aliphatic rings. The van der Waals surface area contributed by atoms with E-state index in [0.29, 0.717) is 0 Å². The maximum Gasteiger partial charge on any atom is 0.319 e. The molecule has 2 rings (SSSR count). The second-order valence-electron chi connectivity index (χ2n) is 4.42. The van der Waals surface area contributed by atoms with Crippen LogP contribution in [0.4, 0.5) is 8.78 Å². The lowest BCUT2D eigenvalue weighted by molar-refractivity contribution is -0.116. The van der Waals surface area contributed by atoms with Crippen LogP contribution in [-0.2, 0) is 11.2 Å². The molecule has 4 nitrogen and oxygen atoms in total. The quantitative estimate of drug-likeness (QED) is 0.793. The number of hydrogen-bond acceptors (Lipinski definition) is 2. The zero-order valence-electron chi connectivity index (χ0n) is 11.5. The van der Waals surface area contributed by atoms with E-state index in [1.807, 2.05) is 24.3 Å². The second-order valence-corrected chi connectivity index (χ2v) is 5.28. The summed E-state index contributed by atoms with van der Waals surface area (Å²) in [5.74, 6) is -0.0454. The number of halogens is 3. The van der Waals surface area contributed by atoms with Crippen LogP contribution in [0.15, 0.2) is 47.2 Å². The third-order valence-corrected chi connectivity index (χ3v) is 3.65. The number of carbonyl (C=O) groups excluding carboxylic acids is 1. The third-order valence-electron chi connectivity index (χ3n) is 2.93. The van der Waals surface area contributed by atoms with E-state index in [1.54, 1.807) is 6.08 Å². The summed E-state index contributed by atoms with van der Waals surface area (Å²) >= 11 is 3.38. The Morgan fingerprint density at radius 3 is 2.91 bits per heavy atom. The van der Waals surface area contributed by atoms with E-state index in [2.05, 4.69) is 26.2 Å². The summed E-state index contributed by atoms with van der Waals surface area (Å²) in [5, 5.41) is 2.64.